The van der Waals surface area contributed by atoms with Gasteiger partial charge < -0.3 is 64.0 Å². The van der Waals surface area contributed by atoms with Crippen molar-refractivity contribution in [2.45, 2.75) is 96.7 Å². The molecule has 5 aromatic rings. The summed E-state index contributed by atoms with van der Waals surface area (Å²) in [6.45, 7) is 19.4. The molecular weight excluding hydrogens is 1270 g/mol. The molecule has 0 aliphatic carbocycles. The lowest BCUT2D eigenvalue weighted by atomic mass is 10.1. The monoisotopic (exact) mass is 1340 g/mol. The van der Waals surface area contributed by atoms with Gasteiger partial charge in [0.1, 0.15) is 33.4 Å². The minimum absolute atomic E-state index is 0.0179. The molecule has 0 bridgehead atoms. The van der Waals surface area contributed by atoms with E-state index >= 15 is 0 Å². The minimum Gasteiger partial charge on any atom is -0.480 e. The molecule has 3 atom stereocenters. The number of amides is 2. The number of piperidine rings is 2. The van der Waals surface area contributed by atoms with Gasteiger partial charge in [0.05, 0.1) is 63.1 Å². The van der Waals surface area contributed by atoms with Gasteiger partial charge in [0.25, 0.3) is 0 Å². The summed E-state index contributed by atoms with van der Waals surface area (Å²) in [5.74, 6) is 3.38. The van der Waals surface area contributed by atoms with Crippen LogP contribution in [0, 0.1) is 0 Å². The number of nitrogens with zero attached hydrogens (tertiary/aromatic N) is 9. The molecule has 418 valence electrons. The van der Waals surface area contributed by atoms with Crippen LogP contribution in [0.15, 0.2) is 65.2 Å². The highest BCUT2D eigenvalue weighted by Crippen LogP contribution is 2.41. The number of anilines is 2. The molecule has 2 amide bonds. The fraction of sp³-hybridized carbons (Fsp3) is 0.558. The number of carbonyl (C=O) groups is 2. The third-order valence-corrected chi connectivity index (χ3v) is 16.4. The first kappa shape index (κ1) is 58.8. The van der Waals surface area contributed by atoms with Gasteiger partial charge in [0, 0.05) is 80.5 Å². The van der Waals surface area contributed by atoms with E-state index in [-0.39, 0.29) is 30.5 Å². The largest absolute Gasteiger partial charge is 0.480 e. The zero-order chi connectivity index (χ0) is 54.9. The Hall–Kier alpha value is -4.38. The highest BCUT2D eigenvalue weighted by atomic mass is 127. The molecule has 5 aliphatic rings. The van der Waals surface area contributed by atoms with Crippen molar-refractivity contribution < 1.29 is 38.0 Å². The van der Waals surface area contributed by atoms with Gasteiger partial charge in [-0.15, -0.1) is 22.7 Å². The first-order valence-corrected chi connectivity index (χ1v) is 30.1. The SMILES string of the molecule is Brc1ccc2scnc2c1.COC1N=C(N2CCOCC2)NC(N[C@@H]2CCCN(C(=O)OC(C)(C)C)C2)=C1I.COc1nc(N2CCOCC2)nc(N[C@@H]2CCCN(C(=O)OC(C)(C)C)C2)c1-c1nc2cc(Br)ccc2s1. The van der Waals surface area contributed by atoms with Crippen LogP contribution in [0.1, 0.15) is 67.2 Å². The molecule has 1 unspecified atom stereocenters. The number of aromatic nitrogens is 4. The average Bonchev–Trinajstić information content (AvgIpc) is 4.07. The summed E-state index contributed by atoms with van der Waals surface area (Å²) in [7, 11) is 3.28. The molecular formula is C52H69Br2IN12O8S2. The molecule has 8 heterocycles. The van der Waals surface area contributed by atoms with Crippen molar-refractivity contribution in [1.29, 1.82) is 0 Å². The maximum absolute atomic E-state index is 12.8. The predicted molar refractivity (Wildman–Crippen MR) is 318 cm³/mol. The average molecular weight is 1340 g/mol. The number of hydrogen-bond acceptors (Lipinski definition) is 20. The number of hydrogen-bond donors (Lipinski definition) is 3. The first-order chi connectivity index (χ1) is 36.8. The van der Waals surface area contributed by atoms with Crippen molar-refractivity contribution in [3.63, 3.8) is 0 Å². The van der Waals surface area contributed by atoms with Gasteiger partial charge in [-0.3, -0.25) is 0 Å². The van der Waals surface area contributed by atoms with Crippen molar-refractivity contribution in [3.05, 3.63) is 60.3 Å². The third kappa shape index (κ3) is 16.4. The molecule has 0 spiro atoms. The summed E-state index contributed by atoms with van der Waals surface area (Å²) < 4.78 is 38.9. The molecule has 5 aliphatic heterocycles. The zero-order valence-corrected chi connectivity index (χ0v) is 51.8. The molecule has 3 aromatic heterocycles. The van der Waals surface area contributed by atoms with Crippen LogP contribution in [-0.2, 0) is 23.7 Å². The molecule has 25 heteroatoms. The maximum Gasteiger partial charge on any atom is 0.410 e. The van der Waals surface area contributed by atoms with E-state index in [1.54, 1.807) is 46.7 Å². The summed E-state index contributed by atoms with van der Waals surface area (Å²) in [6, 6.07) is 12.3. The van der Waals surface area contributed by atoms with Crippen LogP contribution in [-0.4, -0.2) is 175 Å². The molecule has 3 N–H and O–H groups in total. The van der Waals surface area contributed by atoms with E-state index in [2.05, 4.69) is 91.3 Å². The van der Waals surface area contributed by atoms with Crippen molar-refractivity contribution in [2.75, 3.05) is 103 Å². The van der Waals surface area contributed by atoms with Gasteiger partial charge in [0.15, 0.2) is 6.23 Å². The first-order valence-electron chi connectivity index (χ1n) is 25.8. The number of fused-ring (bicyclic) bond motifs is 2. The number of likely N-dealkylation sites (tertiary alicyclic amines) is 2. The minimum atomic E-state index is -0.542. The summed E-state index contributed by atoms with van der Waals surface area (Å²) in [6.07, 6.45) is 2.77. The van der Waals surface area contributed by atoms with Crippen LogP contribution in [0.3, 0.4) is 0 Å². The number of thiazole rings is 2. The Bertz CT molecular complexity index is 2890. The van der Waals surface area contributed by atoms with Gasteiger partial charge in [-0.25, -0.2) is 24.5 Å². The lowest BCUT2D eigenvalue weighted by Crippen LogP contribution is -2.54. The van der Waals surface area contributed by atoms with Gasteiger partial charge >= 0.3 is 12.2 Å². The topological polar surface area (TPSA) is 202 Å². The molecule has 4 fully saturated rings. The molecule has 2 aromatic carbocycles. The molecule has 20 nitrogen and oxygen atoms in total. The Balaban J connectivity index is 0.000000176. The Morgan fingerprint density at radius 3 is 1.91 bits per heavy atom. The normalized spacial score (nSPS) is 20.3. The molecule has 77 heavy (non-hydrogen) atoms. The Morgan fingerprint density at radius 1 is 0.753 bits per heavy atom. The van der Waals surface area contributed by atoms with Crippen LogP contribution in [0.2, 0.25) is 0 Å². The molecule has 10 rings (SSSR count). The lowest BCUT2D eigenvalue weighted by molar-refractivity contribution is 0.0185. The van der Waals surface area contributed by atoms with Gasteiger partial charge in [-0.05, 0) is 126 Å². The van der Waals surface area contributed by atoms with Crippen molar-refractivity contribution in [3.8, 4) is 16.5 Å². The van der Waals surface area contributed by atoms with E-state index in [1.807, 2.05) is 77.4 Å². The second-order valence-electron chi connectivity index (χ2n) is 20.8. The Labute approximate surface area is 488 Å². The number of guanidine groups is 1. The smallest absolute Gasteiger partial charge is 0.410 e. The van der Waals surface area contributed by atoms with Gasteiger partial charge in [-0.1, -0.05) is 31.9 Å². The summed E-state index contributed by atoms with van der Waals surface area (Å²) in [4.78, 5) is 56.6. The second-order valence-corrected chi connectivity index (χ2v) is 25.7. The summed E-state index contributed by atoms with van der Waals surface area (Å²) >= 11 is 12.4. The predicted octanol–water partition coefficient (Wildman–Crippen LogP) is 10.1. The second kappa shape index (κ2) is 26.7. The number of methoxy groups -OCH3 is 2. The molecule has 0 saturated carbocycles. The van der Waals surface area contributed by atoms with Crippen molar-refractivity contribution >= 4 is 127 Å². The lowest BCUT2D eigenvalue weighted by Gasteiger charge is -2.38. The van der Waals surface area contributed by atoms with Crippen LogP contribution in [0.4, 0.5) is 21.4 Å². The highest BCUT2D eigenvalue weighted by molar-refractivity contribution is 14.1. The fourth-order valence-electron chi connectivity index (χ4n) is 8.88. The fourth-order valence-corrected chi connectivity index (χ4v) is 11.9. The van der Waals surface area contributed by atoms with Gasteiger partial charge in [-0.2, -0.15) is 9.97 Å². The number of ether oxygens (including phenoxy) is 6. The highest BCUT2D eigenvalue weighted by Gasteiger charge is 2.33. The number of nitrogens with one attached hydrogen (secondary N) is 3. The van der Waals surface area contributed by atoms with E-state index in [9.17, 15) is 9.59 Å². The van der Waals surface area contributed by atoms with Crippen LogP contribution in [0.25, 0.3) is 31.0 Å². The van der Waals surface area contributed by atoms with Crippen LogP contribution < -0.4 is 25.6 Å². The van der Waals surface area contributed by atoms with Crippen molar-refractivity contribution in [2.24, 2.45) is 4.99 Å². The number of rotatable bonds is 8. The van der Waals surface area contributed by atoms with E-state index in [0.717, 1.165) is 95.9 Å². The van der Waals surface area contributed by atoms with Gasteiger partial charge in [0.2, 0.25) is 17.8 Å². The van der Waals surface area contributed by atoms with E-state index in [4.69, 9.17) is 48.4 Å². The number of morpholine rings is 2. The van der Waals surface area contributed by atoms with Crippen LogP contribution >= 0.6 is 77.1 Å². The summed E-state index contributed by atoms with van der Waals surface area (Å²) in [5.41, 5.74) is 3.50. The van der Waals surface area contributed by atoms with E-state index in [0.29, 0.717) is 76.8 Å². The standard InChI is InChI=1S/C26H33BrN6O4S.C19H32IN5O4.C7H4BrNS/c1-26(2,3)37-25(34)33-9-5-6-17(15-33)28-21-20(23-29-18-14-16(27)7-8-19(18)38-23)22(35-4)31-24(30-21)32-10-12-36-13-11-32;1-19(2,3)29-18(26)25-7-5-6-13(12-25)21-15-14(20)16(27-4)23-17(22-15)24-8-10-28-11-9-24;8-5-1-2-7-6(3-5)9-4-10-7/h7-8,14,17H,5-6,9-13,15H2,1-4H3,(H,28,30,31);13,16,21H,5-12H2,1-4H3,(H,22,23);1-4H/t17-;13-,16?;/m11./s1. The summed E-state index contributed by atoms with van der Waals surface area (Å²) in [5, 5.41) is 11.4. The number of halogens is 3. The van der Waals surface area contributed by atoms with E-state index < -0.39 is 11.2 Å². The Kier molecular flexibility index (Phi) is 20.4. The van der Waals surface area contributed by atoms with Crippen LogP contribution in [0.5, 0.6) is 5.88 Å². The van der Waals surface area contributed by atoms with E-state index in [1.165, 1.54) is 4.70 Å². The number of carbonyl (C=O) groups excluding carboxylic acids is 2. The third-order valence-electron chi connectivity index (χ3n) is 12.5. The molecule has 4 saturated heterocycles. The zero-order valence-electron chi connectivity index (χ0n) is 44.8. The van der Waals surface area contributed by atoms with Crippen molar-refractivity contribution in [1.82, 2.24) is 45.3 Å². The molecule has 0 radical (unpaired) electrons. The Morgan fingerprint density at radius 2 is 1.32 bits per heavy atom. The number of benzene rings is 2. The maximum atomic E-state index is 12.8. The quantitative estimate of drug-likeness (QED) is 0.124. The number of aliphatic imine (C=N–C) groups is 1.